The molecule has 1 aromatic rings. The van der Waals surface area contributed by atoms with Crippen molar-refractivity contribution >= 4 is 5.91 Å². The second-order valence-corrected chi connectivity index (χ2v) is 6.22. The van der Waals surface area contributed by atoms with Gasteiger partial charge in [0.15, 0.2) is 0 Å². The van der Waals surface area contributed by atoms with Gasteiger partial charge in [0.2, 0.25) is 5.91 Å². The standard InChI is InChI=1S/C15H24N4O2/c20-14(1-5-19-6-4-16-13-19)17-11-15(2-3-15)12-18-7-9-21-10-8-18/h4,6,13H,1-3,5,7-12H2,(H,17,20). The van der Waals surface area contributed by atoms with Crippen molar-refractivity contribution in [1.82, 2.24) is 19.8 Å². The van der Waals surface area contributed by atoms with Crippen LogP contribution in [0.3, 0.4) is 0 Å². The van der Waals surface area contributed by atoms with Crippen molar-refractivity contribution in [1.29, 1.82) is 0 Å². The number of carbonyl (C=O) groups excluding carboxylic acids is 1. The Labute approximate surface area is 125 Å². The van der Waals surface area contributed by atoms with Crippen LogP contribution >= 0.6 is 0 Å². The molecule has 1 N–H and O–H groups in total. The zero-order valence-corrected chi connectivity index (χ0v) is 12.5. The third-order valence-electron chi connectivity index (χ3n) is 4.44. The van der Waals surface area contributed by atoms with Crippen LogP contribution in [0.25, 0.3) is 0 Å². The van der Waals surface area contributed by atoms with Gasteiger partial charge in [0.05, 0.1) is 19.5 Å². The van der Waals surface area contributed by atoms with Crippen molar-refractivity contribution in [3.63, 3.8) is 0 Å². The number of hydrogen-bond donors (Lipinski definition) is 1. The summed E-state index contributed by atoms with van der Waals surface area (Å²) in [5, 5.41) is 3.11. The third kappa shape index (κ3) is 4.28. The number of rotatable bonds is 7. The molecule has 0 aromatic carbocycles. The number of nitrogens with zero attached hydrogens (tertiary/aromatic N) is 3. The lowest BCUT2D eigenvalue weighted by Crippen LogP contribution is -2.43. The Morgan fingerprint density at radius 1 is 1.33 bits per heavy atom. The number of aryl methyl sites for hydroxylation is 1. The Balaban J connectivity index is 1.36. The lowest BCUT2D eigenvalue weighted by Gasteiger charge is -2.30. The number of ether oxygens (including phenoxy) is 1. The van der Waals surface area contributed by atoms with Crippen molar-refractivity contribution in [3.8, 4) is 0 Å². The molecule has 6 heteroatoms. The van der Waals surface area contributed by atoms with E-state index < -0.39 is 0 Å². The SMILES string of the molecule is O=C(CCn1ccnc1)NCC1(CN2CCOCC2)CC1. The molecule has 2 heterocycles. The van der Waals surface area contributed by atoms with E-state index in [1.807, 2.05) is 10.8 Å². The highest BCUT2D eigenvalue weighted by Gasteiger charge is 2.44. The molecule has 1 saturated heterocycles. The summed E-state index contributed by atoms with van der Waals surface area (Å²) in [6.07, 6.45) is 8.34. The molecule has 0 atom stereocenters. The molecule has 3 rings (SSSR count). The molecule has 1 aromatic heterocycles. The number of aromatic nitrogens is 2. The van der Waals surface area contributed by atoms with Crippen LogP contribution in [-0.4, -0.2) is 59.8 Å². The van der Waals surface area contributed by atoms with Crippen LogP contribution in [0, 0.1) is 5.41 Å². The highest BCUT2D eigenvalue weighted by molar-refractivity contribution is 5.75. The number of imidazole rings is 1. The smallest absolute Gasteiger partial charge is 0.221 e. The van der Waals surface area contributed by atoms with Crippen molar-refractivity contribution in [3.05, 3.63) is 18.7 Å². The fourth-order valence-corrected chi connectivity index (χ4v) is 2.83. The van der Waals surface area contributed by atoms with E-state index in [0.29, 0.717) is 18.4 Å². The lowest BCUT2D eigenvalue weighted by atomic mass is 10.1. The first-order valence-electron chi connectivity index (χ1n) is 7.78. The molecule has 1 saturated carbocycles. The normalized spacial score (nSPS) is 21.1. The van der Waals surface area contributed by atoms with Crippen LogP contribution in [0.2, 0.25) is 0 Å². The molecule has 1 aliphatic carbocycles. The maximum absolute atomic E-state index is 11.9. The van der Waals surface area contributed by atoms with E-state index in [9.17, 15) is 4.79 Å². The Morgan fingerprint density at radius 3 is 2.81 bits per heavy atom. The summed E-state index contributed by atoms with van der Waals surface area (Å²) in [4.78, 5) is 18.4. The summed E-state index contributed by atoms with van der Waals surface area (Å²) in [7, 11) is 0. The monoisotopic (exact) mass is 292 g/mol. The average Bonchev–Trinajstić information content (AvgIpc) is 3.07. The quantitative estimate of drug-likeness (QED) is 0.795. The second-order valence-electron chi connectivity index (χ2n) is 6.22. The number of amides is 1. The van der Waals surface area contributed by atoms with Gasteiger partial charge in [-0.15, -0.1) is 0 Å². The minimum Gasteiger partial charge on any atom is -0.379 e. The van der Waals surface area contributed by atoms with Gasteiger partial charge < -0.3 is 14.6 Å². The summed E-state index contributed by atoms with van der Waals surface area (Å²) in [5.74, 6) is 0.136. The van der Waals surface area contributed by atoms with Crippen LogP contribution in [-0.2, 0) is 16.1 Å². The summed E-state index contributed by atoms with van der Waals surface area (Å²) >= 11 is 0. The molecule has 0 bridgehead atoms. The Morgan fingerprint density at radius 2 is 2.14 bits per heavy atom. The molecule has 1 aliphatic heterocycles. The summed E-state index contributed by atoms with van der Waals surface area (Å²) in [6, 6.07) is 0. The van der Waals surface area contributed by atoms with Gasteiger partial charge in [0.25, 0.3) is 0 Å². The Bertz CT molecular complexity index is 450. The van der Waals surface area contributed by atoms with Gasteiger partial charge in [-0.1, -0.05) is 0 Å². The maximum atomic E-state index is 11.9. The van der Waals surface area contributed by atoms with Crippen LogP contribution in [0.1, 0.15) is 19.3 Å². The molecular weight excluding hydrogens is 268 g/mol. The zero-order chi connectivity index (χ0) is 14.5. The Kier molecular flexibility index (Phi) is 4.55. The highest BCUT2D eigenvalue weighted by Crippen LogP contribution is 2.45. The number of morpholine rings is 1. The predicted octanol–water partition coefficient (Wildman–Crippen LogP) is 0.502. The van der Waals surface area contributed by atoms with Crippen LogP contribution in [0.15, 0.2) is 18.7 Å². The molecular formula is C15H24N4O2. The molecule has 21 heavy (non-hydrogen) atoms. The van der Waals surface area contributed by atoms with E-state index in [1.54, 1.807) is 12.5 Å². The van der Waals surface area contributed by atoms with Gasteiger partial charge in [-0.3, -0.25) is 9.69 Å². The van der Waals surface area contributed by atoms with Gasteiger partial charge in [0.1, 0.15) is 0 Å². The van der Waals surface area contributed by atoms with E-state index in [1.165, 1.54) is 12.8 Å². The molecule has 1 amide bonds. The molecule has 0 radical (unpaired) electrons. The minimum absolute atomic E-state index is 0.136. The van der Waals surface area contributed by atoms with Crippen molar-refractivity contribution in [2.45, 2.75) is 25.8 Å². The first kappa shape index (κ1) is 14.5. The van der Waals surface area contributed by atoms with E-state index >= 15 is 0 Å². The molecule has 2 aliphatic rings. The van der Waals surface area contributed by atoms with Gasteiger partial charge in [-0.05, 0) is 12.8 Å². The zero-order valence-electron chi connectivity index (χ0n) is 12.5. The largest absolute Gasteiger partial charge is 0.379 e. The van der Waals surface area contributed by atoms with Gasteiger partial charge in [-0.2, -0.15) is 0 Å². The van der Waals surface area contributed by atoms with Gasteiger partial charge >= 0.3 is 0 Å². The van der Waals surface area contributed by atoms with E-state index in [4.69, 9.17) is 4.74 Å². The fourth-order valence-electron chi connectivity index (χ4n) is 2.83. The number of hydrogen-bond acceptors (Lipinski definition) is 4. The van der Waals surface area contributed by atoms with Gasteiger partial charge in [0, 0.05) is 57.0 Å². The van der Waals surface area contributed by atoms with Crippen molar-refractivity contribution in [2.24, 2.45) is 5.41 Å². The van der Waals surface area contributed by atoms with Crippen molar-refractivity contribution in [2.75, 3.05) is 39.4 Å². The maximum Gasteiger partial charge on any atom is 0.221 e. The first-order chi connectivity index (χ1) is 10.3. The molecule has 2 fully saturated rings. The Hall–Kier alpha value is -1.40. The second kappa shape index (κ2) is 6.58. The first-order valence-corrected chi connectivity index (χ1v) is 7.78. The number of carbonyl (C=O) groups is 1. The lowest BCUT2D eigenvalue weighted by molar-refractivity contribution is -0.121. The van der Waals surface area contributed by atoms with E-state index in [-0.39, 0.29) is 5.91 Å². The predicted molar refractivity (Wildman–Crippen MR) is 78.8 cm³/mol. The molecule has 0 spiro atoms. The molecule has 116 valence electrons. The summed E-state index contributed by atoms with van der Waals surface area (Å²) < 4.78 is 7.31. The van der Waals surface area contributed by atoms with E-state index in [0.717, 1.165) is 39.4 Å². The summed E-state index contributed by atoms with van der Waals surface area (Å²) in [5.41, 5.74) is 0.321. The van der Waals surface area contributed by atoms with Crippen molar-refractivity contribution < 1.29 is 9.53 Å². The average molecular weight is 292 g/mol. The van der Waals surface area contributed by atoms with E-state index in [2.05, 4.69) is 15.2 Å². The van der Waals surface area contributed by atoms with Crippen LogP contribution in [0.5, 0.6) is 0 Å². The third-order valence-corrected chi connectivity index (χ3v) is 4.44. The minimum atomic E-state index is 0.136. The van der Waals surface area contributed by atoms with Gasteiger partial charge in [-0.25, -0.2) is 4.98 Å². The topological polar surface area (TPSA) is 59.4 Å². The molecule has 6 nitrogen and oxygen atoms in total. The summed E-state index contributed by atoms with van der Waals surface area (Å²) in [6.45, 7) is 6.33. The van der Waals surface area contributed by atoms with Crippen LogP contribution in [0.4, 0.5) is 0 Å². The number of nitrogens with one attached hydrogen (secondary N) is 1. The van der Waals surface area contributed by atoms with Crippen LogP contribution < -0.4 is 5.32 Å². The fraction of sp³-hybridized carbons (Fsp3) is 0.733. The highest BCUT2D eigenvalue weighted by atomic mass is 16.5. The molecule has 0 unspecified atom stereocenters.